The fraction of sp³-hybridized carbons (Fsp3) is 0.200. The third-order valence-corrected chi connectivity index (χ3v) is 2.03. The van der Waals surface area contributed by atoms with Crippen LogP contribution in [-0.4, -0.2) is 17.9 Å². The highest BCUT2D eigenvalue weighted by Crippen LogP contribution is 2.19. The Bertz CT molecular complexity index is 450. The van der Waals surface area contributed by atoms with Gasteiger partial charge in [-0.1, -0.05) is 0 Å². The van der Waals surface area contributed by atoms with Gasteiger partial charge in [0.2, 0.25) is 11.8 Å². The van der Waals surface area contributed by atoms with Gasteiger partial charge in [-0.3, -0.25) is 9.59 Å². The van der Waals surface area contributed by atoms with Crippen LogP contribution in [0.15, 0.2) is 18.2 Å². The fourth-order valence-electron chi connectivity index (χ4n) is 1.18. The molecule has 0 aromatic heterocycles. The summed E-state index contributed by atoms with van der Waals surface area (Å²) >= 11 is 0. The van der Waals surface area contributed by atoms with Crippen LogP contribution in [0.4, 0.5) is 15.8 Å². The van der Waals surface area contributed by atoms with E-state index in [1.807, 2.05) is 0 Å². The van der Waals surface area contributed by atoms with E-state index in [0.29, 0.717) is 0 Å². The Labute approximate surface area is 96.9 Å². The molecule has 0 unspecified atom stereocenters. The number of halogens is 1. The molecular weight excluding hydrogens is 227 g/mol. The first-order chi connectivity index (χ1) is 7.90. The van der Waals surface area contributed by atoms with Gasteiger partial charge in [-0.2, -0.15) is 0 Å². The summed E-state index contributed by atoms with van der Waals surface area (Å²) in [6.45, 7) is 0. The van der Waals surface area contributed by atoms with E-state index in [9.17, 15) is 14.0 Å². The molecule has 1 rings (SSSR count). The summed E-state index contributed by atoms with van der Waals surface area (Å²) < 4.78 is 12.7. The van der Waals surface area contributed by atoms with E-state index in [-0.39, 0.29) is 17.8 Å². The second kappa shape index (κ2) is 5.26. The SMILES string of the molecule is NC(=O)C[C@H](N)C(=O)Nc1ccc(F)cc1N. The zero-order chi connectivity index (χ0) is 13.0. The summed E-state index contributed by atoms with van der Waals surface area (Å²) in [6, 6.07) is 2.46. The van der Waals surface area contributed by atoms with Crippen molar-refractivity contribution in [3.63, 3.8) is 0 Å². The van der Waals surface area contributed by atoms with Crippen LogP contribution in [0.25, 0.3) is 0 Å². The molecular formula is C10H13FN4O2. The van der Waals surface area contributed by atoms with Gasteiger partial charge in [0, 0.05) is 0 Å². The number of carbonyl (C=O) groups excluding carboxylic acids is 2. The van der Waals surface area contributed by atoms with Crippen molar-refractivity contribution in [1.29, 1.82) is 0 Å². The number of nitrogen functional groups attached to an aromatic ring is 1. The summed E-state index contributed by atoms with van der Waals surface area (Å²) in [5, 5.41) is 2.38. The van der Waals surface area contributed by atoms with Crippen LogP contribution in [0.1, 0.15) is 6.42 Å². The first-order valence-electron chi connectivity index (χ1n) is 4.80. The molecule has 0 aliphatic carbocycles. The highest BCUT2D eigenvalue weighted by atomic mass is 19.1. The number of anilines is 2. The Morgan fingerprint density at radius 2 is 2.06 bits per heavy atom. The summed E-state index contributed by atoms with van der Waals surface area (Å²) in [7, 11) is 0. The molecule has 0 saturated carbocycles. The van der Waals surface area contributed by atoms with Crippen molar-refractivity contribution >= 4 is 23.2 Å². The van der Waals surface area contributed by atoms with Crippen molar-refractivity contribution < 1.29 is 14.0 Å². The van der Waals surface area contributed by atoms with E-state index in [1.54, 1.807) is 0 Å². The lowest BCUT2D eigenvalue weighted by molar-refractivity contribution is -0.123. The molecule has 1 atom stereocenters. The lowest BCUT2D eigenvalue weighted by Gasteiger charge is -2.12. The summed E-state index contributed by atoms with van der Waals surface area (Å²) in [5.74, 6) is -1.80. The number of benzene rings is 1. The highest BCUT2D eigenvalue weighted by Gasteiger charge is 2.16. The van der Waals surface area contributed by atoms with Crippen LogP contribution in [0.5, 0.6) is 0 Å². The largest absolute Gasteiger partial charge is 0.397 e. The van der Waals surface area contributed by atoms with Crippen molar-refractivity contribution in [3.8, 4) is 0 Å². The van der Waals surface area contributed by atoms with E-state index in [1.165, 1.54) is 6.07 Å². The van der Waals surface area contributed by atoms with Gasteiger partial charge in [-0.05, 0) is 18.2 Å². The number of primary amides is 1. The van der Waals surface area contributed by atoms with Crippen LogP contribution in [0, 0.1) is 5.82 Å². The molecule has 0 aliphatic rings. The Morgan fingerprint density at radius 3 is 2.59 bits per heavy atom. The molecule has 0 fully saturated rings. The maximum atomic E-state index is 12.7. The van der Waals surface area contributed by atoms with Gasteiger partial charge in [-0.15, -0.1) is 0 Å². The van der Waals surface area contributed by atoms with Crippen LogP contribution >= 0.6 is 0 Å². The second-order valence-corrected chi connectivity index (χ2v) is 3.50. The smallest absolute Gasteiger partial charge is 0.241 e. The molecule has 92 valence electrons. The van der Waals surface area contributed by atoms with Crippen LogP contribution in [-0.2, 0) is 9.59 Å². The van der Waals surface area contributed by atoms with Crippen LogP contribution < -0.4 is 22.5 Å². The van der Waals surface area contributed by atoms with Crippen molar-refractivity contribution in [2.45, 2.75) is 12.5 Å². The van der Waals surface area contributed by atoms with Crippen LogP contribution in [0.3, 0.4) is 0 Å². The molecule has 6 nitrogen and oxygen atoms in total. The molecule has 0 radical (unpaired) electrons. The summed E-state index contributed by atoms with van der Waals surface area (Å²) in [4.78, 5) is 22.1. The minimum Gasteiger partial charge on any atom is -0.397 e. The Morgan fingerprint density at radius 1 is 1.41 bits per heavy atom. The number of rotatable bonds is 4. The zero-order valence-corrected chi connectivity index (χ0v) is 8.94. The molecule has 0 heterocycles. The molecule has 2 amide bonds. The predicted molar refractivity (Wildman–Crippen MR) is 61.2 cm³/mol. The minimum absolute atomic E-state index is 0.0737. The number of hydrogen-bond acceptors (Lipinski definition) is 4. The molecule has 7 N–H and O–H groups in total. The molecule has 17 heavy (non-hydrogen) atoms. The lowest BCUT2D eigenvalue weighted by Crippen LogP contribution is -2.39. The molecule has 0 spiro atoms. The van der Waals surface area contributed by atoms with Gasteiger partial charge in [-0.25, -0.2) is 4.39 Å². The van der Waals surface area contributed by atoms with Gasteiger partial charge >= 0.3 is 0 Å². The number of hydrogen-bond donors (Lipinski definition) is 4. The third kappa shape index (κ3) is 3.72. The van der Waals surface area contributed by atoms with Gasteiger partial charge in [0.05, 0.1) is 23.8 Å². The van der Waals surface area contributed by atoms with Crippen molar-refractivity contribution in [2.75, 3.05) is 11.1 Å². The number of nitrogens with one attached hydrogen (secondary N) is 1. The van der Waals surface area contributed by atoms with Gasteiger partial charge in [0.1, 0.15) is 5.82 Å². The summed E-state index contributed by atoms with van der Waals surface area (Å²) in [5.41, 5.74) is 16.1. The topological polar surface area (TPSA) is 124 Å². The fourth-order valence-corrected chi connectivity index (χ4v) is 1.18. The molecule has 7 heteroatoms. The maximum absolute atomic E-state index is 12.7. The molecule has 1 aromatic carbocycles. The lowest BCUT2D eigenvalue weighted by atomic mass is 10.2. The van der Waals surface area contributed by atoms with Crippen molar-refractivity contribution in [3.05, 3.63) is 24.0 Å². The highest BCUT2D eigenvalue weighted by molar-refractivity contribution is 5.99. The van der Waals surface area contributed by atoms with E-state index in [0.717, 1.165) is 12.1 Å². The van der Waals surface area contributed by atoms with Crippen molar-refractivity contribution in [2.24, 2.45) is 11.5 Å². The Balaban J connectivity index is 2.71. The van der Waals surface area contributed by atoms with E-state index >= 15 is 0 Å². The van der Waals surface area contributed by atoms with Crippen molar-refractivity contribution in [1.82, 2.24) is 0 Å². The molecule has 0 saturated heterocycles. The minimum atomic E-state index is -1.06. The monoisotopic (exact) mass is 240 g/mol. The maximum Gasteiger partial charge on any atom is 0.241 e. The normalized spacial score (nSPS) is 11.9. The second-order valence-electron chi connectivity index (χ2n) is 3.50. The Kier molecular flexibility index (Phi) is 4.00. The molecule has 0 aliphatic heterocycles. The summed E-state index contributed by atoms with van der Waals surface area (Å²) in [6.07, 6.45) is -0.271. The zero-order valence-electron chi connectivity index (χ0n) is 8.94. The predicted octanol–water partition coefficient (Wildman–Crippen LogP) is -0.451. The molecule has 0 bridgehead atoms. The first-order valence-corrected chi connectivity index (χ1v) is 4.80. The van der Waals surface area contributed by atoms with E-state index < -0.39 is 23.7 Å². The average Bonchev–Trinajstić information content (AvgIpc) is 2.21. The van der Waals surface area contributed by atoms with Gasteiger partial charge in [0.25, 0.3) is 0 Å². The van der Waals surface area contributed by atoms with E-state index in [2.05, 4.69) is 5.32 Å². The Hall–Kier alpha value is -2.15. The number of carbonyl (C=O) groups is 2. The van der Waals surface area contributed by atoms with E-state index in [4.69, 9.17) is 17.2 Å². The molecule has 1 aromatic rings. The number of amides is 2. The average molecular weight is 240 g/mol. The number of nitrogens with two attached hydrogens (primary N) is 3. The van der Waals surface area contributed by atoms with Crippen LogP contribution in [0.2, 0.25) is 0 Å². The third-order valence-electron chi connectivity index (χ3n) is 2.03. The van der Waals surface area contributed by atoms with Gasteiger partial charge in [0.15, 0.2) is 0 Å². The van der Waals surface area contributed by atoms with Gasteiger partial charge < -0.3 is 22.5 Å². The first kappa shape index (κ1) is 12.9. The quantitative estimate of drug-likeness (QED) is 0.532. The standard InChI is InChI=1S/C10H13FN4O2/c11-5-1-2-8(6(12)3-5)15-10(17)7(13)4-9(14)16/h1-3,7H,4,12-13H2,(H2,14,16)(H,15,17)/t7-/m0/s1.